The van der Waals surface area contributed by atoms with E-state index in [4.69, 9.17) is 15.3 Å². The molecule has 1 amide bonds. The summed E-state index contributed by atoms with van der Waals surface area (Å²) in [5.41, 5.74) is 11.2. The molecule has 10 nitrogen and oxygen atoms in total. The van der Waals surface area contributed by atoms with Gasteiger partial charge in [-0.3, -0.25) is 4.79 Å². The van der Waals surface area contributed by atoms with Crippen molar-refractivity contribution in [2.24, 2.45) is 17.0 Å². The number of hydrogen-bond donors (Lipinski definition) is 4. The van der Waals surface area contributed by atoms with E-state index < -0.39 is 0 Å². The van der Waals surface area contributed by atoms with Crippen LogP contribution in [0, 0.1) is 17.4 Å². The maximum absolute atomic E-state index is 11.7. The second kappa shape index (κ2) is 8.34. The van der Waals surface area contributed by atoms with Gasteiger partial charge < -0.3 is 25.3 Å². The number of nitrogens with zero attached hydrogens (tertiary/aromatic N) is 4. The van der Waals surface area contributed by atoms with Crippen LogP contribution in [0.1, 0.15) is 19.8 Å². The molecule has 1 unspecified atom stereocenters. The van der Waals surface area contributed by atoms with Crippen molar-refractivity contribution in [3.05, 3.63) is 24.4 Å². The van der Waals surface area contributed by atoms with E-state index in [-0.39, 0.29) is 11.9 Å². The average Bonchev–Trinajstić information content (AvgIpc) is 3.51. The fourth-order valence-corrected chi connectivity index (χ4v) is 5.30. The lowest BCUT2D eigenvalue weighted by molar-refractivity contribution is -0.128. The third kappa shape index (κ3) is 3.75. The minimum absolute atomic E-state index is 0.167. The summed E-state index contributed by atoms with van der Waals surface area (Å²) in [4.78, 5) is 26.3. The van der Waals surface area contributed by atoms with Crippen molar-refractivity contribution in [3.8, 4) is 17.0 Å². The zero-order valence-electron chi connectivity index (χ0n) is 19.0. The highest BCUT2D eigenvalue weighted by Crippen LogP contribution is 2.40. The van der Waals surface area contributed by atoms with Crippen LogP contribution in [0.2, 0.25) is 0 Å². The maximum atomic E-state index is 11.7. The Balaban J connectivity index is 1.40. The predicted octanol–water partition coefficient (Wildman–Crippen LogP) is 4.01. The molecule has 0 radical (unpaired) electrons. The number of fused-ring (bicyclic) bond motifs is 2. The lowest BCUT2D eigenvalue weighted by Gasteiger charge is -2.18. The number of methoxy groups -OCH3 is 1. The second-order valence-corrected chi connectivity index (χ2v) is 8.83. The molecule has 1 aliphatic carbocycles. The van der Waals surface area contributed by atoms with Gasteiger partial charge in [0.15, 0.2) is 0 Å². The van der Waals surface area contributed by atoms with Crippen molar-refractivity contribution in [2.75, 3.05) is 37.9 Å². The first-order chi connectivity index (χ1) is 16.0. The van der Waals surface area contributed by atoms with Gasteiger partial charge in [-0.2, -0.15) is 15.1 Å². The topological polar surface area (TPSA) is 131 Å². The number of aromatic amines is 1. The van der Waals surface area contributed by atoms with Gasteiger partial charge in [-0.05, 0) is 42.4 Å². The quantitative estimate of drug-likeness (QED) is 0.422. The van der Waals surface area contributed by atoms with Crippen molar-refractivity contribution in [1.82, 2.24) is 19.9 Å². The molecule has 172 valence electrons. The number of ether oxygens (including phenoxy) is 1. The van der Waals surface area contributed by atoms with E-state index in [1.807, 2.05) is 23.2 Å². The summed E-state index contributed by atoms with van der Waals surface area (Å²) in [6.45, 7) is 3.35. The first-order valence-corrected chi connectivity index (χ1v) is 11.2. The molecule has 3 aromatic rings. The summed E-state index contributed by atoms with van der Waals surface area (Å²) in [6.07, 6.45) is 3.91. The van der Waals surface area contributed by atoms with E-state index in [1.165, 1.54) is 0 Å². The number of benzene rings is 1. The molecule has 10 heteroatoms. The van der Waals surface area contributed by atoms with E-state index in [1.54, 1.807) is 27.1 Å². The molecule has 33 heavy (non-hydrogen) atoms. The summed E-state index contributed by atoms with van der Waals surface area (Å²) < 4.78 is 5.65. The molecule has 3 atom stereocenters. The van der Waals surface area contributed by atoms with E-state index in [0.29, 0.717) is 35.0 Å². The molecular weight excluding hydrogens is 420 g/mol. The SMILES string of the molecule is CNc1cc(-c2c[nH]c3nc(NC4C[C@@H]5CN(C(C)=O)C[C@@H]5C4)nc(OC)c23)ccc1N=N. The highest BCUT2D eigenvalue weighted by molar-refractivity contribution is 5.98. The third-order valence-corrected chi connectivity index (χ3v) is 6.92. The molecule has 3 heterocycles. The smallest absolute Gasteiger partial charge is 0.228 e. The van der Waals surface area contributed by atoms with Crippen LogP contribution in [0.15, 0.2) is 29.5 Å². The molecule has 0 bridgehead atoms. The number of H-pyrrole nitrogens is 1. The average molecular weight is 449 g/mol. The number of carbonyl (C=O) groups is 1. The van der Waals surface area contributed by atoms with Crippen LogP contribution in [0.25, 0.3) is 22.2 Å². The Morgan fingerprint density at radius 2 is 2.03 bits per heavy atom. The molecule has 2 aromatic heterocycles. The fourth-order valence-electron chi connectivity index (χ4n) is 5.30. The Hall–Kier alpha value is -3.69. The Morgan fingerprint density at radius 3 is 2.67 bits per heavy atom. The Morgan fingerprint density at radius 1 is 1.27 bits per heavy atom. The number of amides is 1. The molecule has 0 spiro atoms. The normalized spacial score (nSPS) is 21.8. The molecule has 2 fully saturated rings. The first-order valence-electron chi connectivity index (χ1n) is 11.2. The van der Waals surface area contributed by atoms with Crippen molar-refractivity contribution in [2.45, 2.75) is 25.8 Å². The van der Waals surface area contributed by atoms with Crippen molar-refractivity contribution in [3.63, 3.8) is 0 Å². The Kier molecular flexibility index (Phi) is 5.35. The van der Waals surface area contributed by atoms with Crippen molar-refractivity contribution < 1.29 is 9.53 Å². The number of nitrogens with one attached hydrogen (secondary N) is 4. The third-order valence-electron chi connectivity index (χ3n) is 6.92. The standard InChI is InChI=1S/C23H28N8O2/c1-12(32)31-10-14-6-16(7-15(14)11-31)27-23-28-21-20(22(29-23)33-3)17(9-26-21)13-4-5-18(30-24)19(8-13)25-2/h4-5,8-9,14-16,24-25H,6-7,10-11H2,1-3H3,(H2,26,27,28,29)/t14-,15+,16?. The van der Waals surface area contributed by atoms with E-state index in [2.05, 4.69) is 25.7 Å². The van der Waals surface area contributed by atoms with E-state index >= 15 is 0 Å². The zero-order chi connectivity index (χ0) is 23.1. The van der Waals surface area contributed by atoms with Crippen LogP contribution in [-0.2, 0) is 4.79 Å². The molecular formula is C23H28N8O2. The molecule has 5 rings (SSSR count). The van der Waals surface area contributed by atoms with Gasteiger partial charge in [0.25, 0.3) is 0 Å². The van der Waals surface area contributed by atoms with E-state index in [9.17, 15) is 4.79 Å². The molecule has 2 aliphatic rings. The van der Waals surface area contributed by atoms with Crippen LogP contribution >= 0.6 is 0 Å². The molecule has 1 saturated heterocycles. The van der Waals surface area contributed by atoms with Gasteiger partial charge in [0.2, 0.25) is 17.7 Å². The monoisotopic (exact) mass is 448 g/mol. The first kappa shape index (κ1) is 21.2. The highest BCUT2D eigenvalue weighted by atomic mass is 16.5. The van der Waals surface area contributed by atoms with Gasteiger partial charge >= 0.3 is 0 Å². The largest absolute Gasteiger partial charge is 0.480 e. The summed E-state index contributed by atoms with van der Waals surface area (Å²) >= 11 is 0. The molecule has 1 saturated carbocycles. The van der Waals surface area contributed by atoms with Crippen LogP contribution in [0.4, 0.5) is 17.3 Å². The van der Waals surface area contributed by atoms with Crippen molar-refractivity contribution >= 4 is 34.3 Å². The summed E-state index contributed by atoms with van der Waals surface area (Å²) in [7, 11) is 3.42. The van der Waals surface area contributed by atoms with Gasteiger partial charge in [0.1, 0.15) is 11.3 Å². The van der Waals surface area contributed by atoms with Crippen LogP contribution in [0.5, 0.6) is 5.88 Å². The number of likely N-dealkylation sites (tertiary alicyclic amines) is 1. The van der Waals surface area contributed by atoms with Gasteiger partial charge in [-0.25, -0.2) is 5.53 Å². The fraction of sp³-hybridized carbons (Fsp3) is 0.435. The van der Waals surface area contributed by atoms with Gasteiger partial charge in [0.05, 0.1) is 18.2 Å². The second-order valence-electron chi connectivity index (χ2n) is 8.83. The number of rotatable bonds is 6. The van der Waals surface area contributed by atoms with Crippen LogP contribution < -0.4 is 15.4 Å². The van der Waals surface area contributed by atoms with E-state index in [0.717, 1.165) is 48.1 Å². The van der Waals surface area contributed by atoms with Crippen LogP contribution in [-0.4, -0.2) is 59.0 Å². The lowest BCUT2D eigenvalue weighted by atomic mass is 10.0. The molecule has 1 aromatic carbocycles. The van der Waals surface area contributed by atoms with Gasteiger partial charge in [-0.1, -0.05) is 6.07 Å². The Labute approximate surface area is 191 Å². The lowest BCUT2D eigenvalue weighted by Crippen LogP contribution is -2.29. The molecule has 4 N–H and O–H groups in total. The van der Waals surface area contributed by atoms with Crippen LogP contribution in [0.3, 0.4) is 0 Å². The van der Waals surface area contributed by atoms with Crippen molar-refractivity contribution in [1.29, 1.82) is 5.53 Å². The number of hydrogen-bond acceptors (Lipinski definition) is 8. The zero-order valence-corrected chi connectivity index (χ0v) is 19.0. The number of aromatic nitrogens is 3. The van der Waals surface area contributed by atoms with Gasteiger partial charge in [0, 0.05) is 44.9 Å². The number of carbonyl (C=O) groups excluding carboxylic acids is 1. The summed E-state index contributed by atoms with van der Waals surface area (Å²) in [6, 6.07) is 5.96. The summed E-state index contributed by atoms with van der Waals surface area (Å²) in [5, 5.41) is 10.9. The number of anilines is 2. The predicted molar refractivity (Wildman–Crippen MR) is 126 cm³/mol. The minimum atomic E-state index is 0.167. The van der Waals surface area contributed by atoms with Gasteiger partial charge in [-0.15, -0.1) is 0 Å². The Bertz CT molecular complexity index is 1210. The summed E-state index contributed by atoms with van der Waals surface area (Å²) in [5.74, 6) is 2.28. The minimum Gasteiger partial charge on any atom is -0.480 e. The molecule has 1 aliphatic heterocycles. The highest BCUT2D eigenvalue weighted by Gasteiger charge is 2.41. The maximum Gasteiger partial charge on any atom is 0.228 e.